The fourth-order valence-electron chi connectivity index (χ4n) is 5.95. The summed E-state index contributed by atoms with van der Waals surface area (Å²) in [6, 6.07) is 0. The first-order valence-corrected chi connectivity index (χ1v) is 18.7. The van der Waals surface area contributed by atoms with E-state index in [1.807, 2.05) is 0 Å². The van der Waals surface area contributed by atoms with E-state index >= 15 is 0 Å². The van der Waals surface area contributed by atoms with Crippen molar-refractivity contribution in [3.8, 4) is 0 Å². The summed E-state index contributed by atoms with van der Waals surface area (Å²) in [5.41, 5.74) is 5.70. The quantitative estimate of drug-likeness (QED) is 0.0795. The van der Waals surface area contributed by atoms with Crippen molar-refractivity contribution in [2.75, 3.05) is 13.2 Å². The van der Waals surface area contributed by atoms with Gasteiger partial charge in [0.25, 0.3) is 0 Å². The zero-order valence-electron chi connectivity index (χ0n) is 27.6. The average Bonchev–Trinajstić information content (AvgIpc) is 2.95. The summed E-state index contributed by atoms with van der Waals surface area (Å²) in [7, 11) is 0. The summed E-state index contributed by atoms with van der Waals surface area (Å²) in [5.74, 6) is 0. The summed E-state index contributed by atoms with van der Waals surface area (Å²) < 4.78 is 6.23. The number of hydrogen-bond donors (Lipinski definition) is 1. The van der Waals surface area contributed by atoms with Crippen molar-refractivity contribution in [3.05, 3.63) is 0 Å². The second kappa shape index (κ2) is 35.9. The molecule has 0 radical (unpaired) electrons. The molecule has 0 bridgehead atoms. The molecule has 39 heavy (non-hydrogen) atoms. The number of hydrogen-bond acceptors (Lipinski definition) is 2. The van der Waals surface area contributed by atoms with Crippen LogP contribution in [0.3, 0.4) is 0 Å². The van der Waals surface area contributed by atoms with Gasteiger partial charge in [-0.15, -0.1) is 0 Å². The van der Waals surface area contributed by atoms with Gasteiger partial charge in [0.05, 0.1) is 6.10 Å². The molecule has 1 atom stereocenters. The molecule has 0 aliphatic heterocycles. The van der Waals surface area contributed by atoms with Gasteiger partial charge >= 0.3 is 0 Å². The molecule has 0 aliphatic carbocycles. The highest BCUT2D eigenvalue weighted by Crippen LogP contribution is 2.18. The molecule has 0 saturated carbocycles. The van der Waals surface area contributed by atoms with E-state index < -0.39 is 0 Å². The van der Waals surface area contributed by atoms with E-state index in [2.05, 4.69) is 13.8 Å². The second-order valence-electron chi connectivity index (χ2n) is 12.8. The van der Waals surface area contributed by atoms with Gasteiger partial charge in [0.15, 0.2) is 0 Å². The summed E-state index contributed by atoms with van der Waals surface area (Å²) in [5, 5.41) is 0. The topological polar surface area (TPSA) is 35.2 Å². The standard InChI is InChI=1S/C37H77NO/c1-3-5-7-9-11-13-15-17-18-19-21-23-25-27-29-31-34-37(39-36-32-35-38)33-30-28-26-24-22-20-16-14-12-10-8-6-4-2/h37H,3-36,38H2,1-2H3. The van der Waals surface area contributed by atoms with Crippen molar-refractivity contribution in [1.82, 2.24) is 0 Å². The van der Waals surface area contributed by atoms with Crippen LogP contribution in [0.25, 0.3) is 0 Å². The van der Waals surface area contributed by atoms with Crippen LogP contribution in [0, 0.1) is 0 Å². The van der Waals surface area contributed by atoms with Crippen LogP contribution in [0.15, 0.2) is 0 Å². The third kappa shape index (κ3) is 34.0. The van der Waals surface area contributed by atoms with Crippen molar-refractivity contribution in [2.24, 2.45) is 5.73 Å². The Balaban J connectivity index is 3.54. The molecule has 0 amide bonds. The van der Waals surface area contributed by atoms with E-state index in [1.54, 1.807) is 0 Å². The molecule has 0 fully saturated rings. The largest absolute Gasteiger partial charge is 0.378 e. The molecule has 2 nitrogen and oxygen atoms in total. The van der Waals surface area contributed by atoms with Crippen LogP contribution < -0.4 is 5.73 Å². The van der Waals surface area contributed by atoms with Gasteiger partial charge in [0.2, 0.25) is 0 Å². The lowest BCUT2D eigenvalue weighted by molar-refractivity contribution is 0.0376. The smallest absolute Gasteiger partial charge is 0.0575 e. The highest BCUT2D eigenvalue weighted by Gasteiger charge is 2.09. The molecule has 236 valence electrons. The predicted octanol–water partition coefficient (Wildman–Crippen LogP) is 12.9. The maximum atomic E-state index is 6.23. The van der Waals surface area contributed by atoms with Crippen LogP contribution in [0.1, 0.15) is 219 Å². The number of nitrogens with two attached hydrogens (primary N) is 1. The Morgan fingerprint density at radius 3 is 0.872 bits per heavy atom. The third-order valence-electron chi connectivity index (χ3n) is 8.71. The summed E-state index contributed by atoms with van der Waals surface area (Å²) in [4.78, 5) is 0. The Hall–Kier alpha value is -0.0800. The minimum absolute atomic E-state index is 0.482. The van der Waals surface area contributed by atoms with Gasteiger partial charge < -0.3 is 10.5 Å². The van der Waals surface area contributed by atoms with Crippen LogP contribution in [0.4, 0.5) is 0 Å². The fraction of sp³-hybridized carbons (Fsp3) is 1.00. The first-order chi connectivity index (χ1) is 19.3. The third-order valence-corrected chi connectivity index (χ3v) is 8.71. The van der Waals surface area contributed by atoms with Gasteiger partial charge in [-0.05, 0) is 25.8 Å². The van der Waals surface area contributed by atoms with E-state index in [0.717, 1.165) is 19.6 Å². The molecule has 0 saturated heterocycles. The van der Waals surface area contributed by atoms with Crippen LogP contribution in [-0.2, 0) is 4.74 Å². The molecule has 0 aromatic carbocycles. The lowest BCUT2D eigenvalue weighted by Crippen LogP contribution is -2.16. The maximum absolute atomic E-state index is 6.23. The van der Waals surface area contributed by atoms with Crippen molar-refractivity contribution in [2.45, 2.75) is 225 Å². The predicted molar refractivity (Wildman–Crippen MR) is 178 cm³/mol. The molecule has 2 heteroatoms. The van der Waals surface area contributed by atoms with Gasteiger partial charge in [-0.2, -0.15) is 0 Å². The Kier molecular flexibility index (Phi) is 35.9. The summed E-state index contributed by atoms with van der Waals surface area (Å²) in [6.07, 6.45) is 45.7. The zero-order valence-corrected chi connectivity index (χ0v) is 27.6. The lowest BCUT2D eigenvalue weighted by atomic mass is 10.0. The molecule has 1 unspecified atom stereocenters. The van der Waals surface area contributed by atoms with Crippen LogP contribution >= 0.6 is 0 Å². The normalized spacial score (nSPS) is 12.4. The SMILES string of the molecule is CCCCCCCCCCCCCCCCCCC(CCCCCCCCCCCCCCC)OCCCN. The van der Waals surface area contributed by atoms with Crippen molar-refractivity contribution < 1.29 is 4.74 Å². The Morgan fingerprint density at radius 1 is 0.359 bits per heavy atom. The number of ether oxygens (including phenoxy) is 1. The molecule has 0 aromatic rings. The van der Waals surface area contributed by atoms with E-state index in [1.165, 1.54) is 199 Å². The monoisotopic (exact) mass is 552 g/mol. The van der Waals surface area contributed by atoms with Crippen molar-refractivity contribution >= 4 is 0 Å². The van der Waals surface area contributed by atoms with Gasteiger partial charge in [0.1, 0.15) is 0 Å². The van der Waals surface area contributed by atoms with Gasteiger partial charge in [-0.25, -0.2) is 0 Å². The van der Waals surface area contributed by atoms with E-state index in [-0.39, 0.29) is 0 Å². The van der Waals surface area contributed by atoms with E-state index in [4.69, 9.17) is 10.5 Å². The molecule has 0 aromatic heterocycles. The number of rotatable bonds is 35. The molecule has 0 aliphatic rings. The van der Waals surface area contributed by atoms with Crippen LogP contribution in [-0.4, -0.2) is 19.3 Å². The summed E-state index contributed by atoms with van der Waals surface area (Å²) in [6.45, 7) is 6.22. The Morgan fingerprint density at radius 2 is 0.615 bits per heavy atom. The van der Waals surface area contributed by atoms with E-state index in [9.17, 15) is 0 Å². The number of unbranched alkanes of at least 4 members (excludes halogenated alkanes) is 27. The minimum atomic E-state index is 0.482. The second-order valence-corrected chi connectivity index (χ2v) is 12.8. The molecule has 0 spiro atoms. The minimum Gasteiger partial charge on any atom is -0.378 e. The molecule has 0 rings (SSSR count). The Bertz CT molecular complexity index is 412. The fourth-order valence-corrected chi connectivity index (χ4v) is 5.95. The maximum Gasteiger partial charge on any atom is 0.0575 e. The zero-order chi connectivity index (χ0) is 28.3. The van der Waals surface area contributed by atoms with E-state index in [0.29, 0.717) is 6.10 Å². The first-order valence-electron chi connectivity index (χ1n) is 18.7. The van der Waals surface area contributed by atoms with Gasteiger partial charge in [-0.3, -0.25) is 0 Å². The summed E-state index contributed by atoms with van der Waals surface area (Å²) >= 11 is 0. The lowest BCUT2D eigenvalue weighted by Gasteiger charge is -2.18. The molecule has 0 heterocycles. The Labute approximate surface area is 248 Å². The molecular formula is C37H77NO. The highest BCUT2D eigenvalue weighted by atomic mass is 16.5. The highest BCUT2D eigenvalue weighted by molar-refractivity contribution is 4.61. The van der Waals surface area contributed by atoms with Crippen LogP contribution in [0.2, 0.25) is 0 Å². The van der Waals surface area contributed by atoms with Crippen LogP contribution in [0.5, 0.6) is 0 Å². The average molecular weight is 552 g/mol. The molecule has 2 N–H and O–H groups in total. The van der Waals surface area contributed by atoms with Gasteiger partial charge in [-0.1, -0.05) is 200 Å². The first kappa shape index (κ1) is 38.9. The van der Waals surface area contributed by atoms with Crippen molar-refractivity contribution in [1.29, 1.82) is 0 Å². The molecular weight excluding hydrogens is 474 g/mol. The van der Waals surface area contributed by atoms with Gasteiger partial charge in [0, 0.05) is 6.61 Å². The van der Waals surface area contributed by atoms with Crippen molar-refractivity contribution in [3.63, 3.8) is 0 Å².